The standard InChI is InChI=1S/C12H25N/c1-10(2)8-13-6-5-11(3)7-12(4)9-13/h10-12H,5-9H2,1-4H3. The van der Waals surface area contributed by atoms with Crippen molar-refractivity contribution in [3.63, 3.8) is 0 Å². The zero-order valence-corrected chi connectivity index (χ0v) is 9.71. The van der Waals surface area contributed by atoms with Crippen molar-refractivity contribution in [2.75, 3.05) is 19.6 Å². The Hall–Kier alpha value is -0.0400. The molecule has 0 N–H and O–H groups in total. The fraction of sp³-hybridized carbons (Fsp3) is 1.00. The quantitative estimate of drug-likeness (QED) is 0.636. The highest BCUT2D eigenvalue weighted by Gasteiger charge is 2.19. The lowest BCUT2D eigenvalue weighted by Crippen LogP contribution is -2.31. The van der Waals surface area contributed by atoms with Crippen molar-refractivity contribution < 1.29 is 0 Å². The van der Waals surface area contributed by atoms with Gasteiger partial charge in [0.25, 0.3) is 0 Å². The second kappa shape index (κ2) is 4.99. The first kappa shape index (κ1) is 11.0. The molecule has 2 unspecified atom stereocenters. The van der Waals surface area contributed by atoms with Crippen molar-refractivity contribution in [2.45, 2.75) is 40.5 Å². The molecule has 1 heterocycles. The van der Waals surface area contributed by atoms with Crippen LogP contribution in [0.4, 0.5) is 0 Å². The molecule has 1 saturated heterocycles. The third-order valence-corrected chi connectivity index (χ3v) is 2.94. The Morgan fingerprint density at radius 2 is 1.92 bits per heavy atom. The van der Waals surface area contributed by atoms with Gasteiger partial charge in [0.15, 0.2) is 0 Å². The maximum absolute atomic E-state index is 2.65. The molecule has 78 valence electrons. The van der Waals surface area contributed by atoms with Crippen molar-refractivity contribution in [1.82, 2.24) is 4.90 Å². The lowest BCUT2D eigenvalue weighted by Gasteiger charge is -2.23. The van der Waals surface area contributed by atoms with E-state index < -0.39 is 0 Å². The molecule has 0 aromatic rings. The largest absolute Gasteiger partial charge is 0.303 e. The number of hydrogen-bond acceptors (Lipinski definition) is 1. The van der Waals surface area contributed by atoms with Crippen LogP contribution in [0.5, 0.6) is 0 Å². The normalized spacial score (nSPS) is 32.1. The molecule has 0 saturated carbocycles. The molecule has 0 aromatic carbocycles. The van der Waals surface area contributed by atoms with E-state index in [-0.39, 0.29) is 0 Å². The second-order valence-corrected chi connectivity index (χ2v) is 5.39. The zero-order chi connectivity index (χ0) is 9.84. The monoisotopic (exact) mass is 183 g/mol. The van der Waals surface area contributed by atoms with Crippen molar-refractivity contribution in [1.29, 1.82) is 0 Å². The molecule has 0 bridgehead atoms. The van der Waals surface area contributed by atoms with Crippen LogP contribution in [0.1, 0.15) is 40.5 Å². The lowest BCUT2D eigenvalue weighted by atomic mass is 9.97. The van der Waals surface area contributed by atoms with Gasteiger partial charge < -0.3 is 4.90 Å². The molecule has 13 heavy (non-hydrogen) atoms. The van der Waals surface area contributed by atoms with E-state index in [1.54, 1.807) is 0 Å². The Morgan fingerprint density at radius 3 is 2.54 bits per heavy atom. The third-order valence-electron chi connectivity index (χ3n) is 2.94. The van der Waals surface area contributed by atoms with Crippen molar-refractivity contribution in [3.8, 4) is 0 Å². The van der Waals surface area contributed by atoms with Gasteiger partial charge in [0.05, 0.1) is 0 Å². The first-order valence-corrected chi connectivity index (χ1v) is 5.80. The SMILES string of the molecule is CC(C)CN1CCC(C)CC(C)C1. The minimum absolute atomic E-state index is 0.820. The summed E-state index contributed by atoms with van der Waals surface area (Å²) in [7, 11) is 0. The van der Waals surface area contributed by atoms with E-state index in [1.165, 1.54) is 32.5 Å². The topological polar surface area (TPSA) is 3.24 Å². The van der Waals surface area contributed by atoms with E-state index in [0.717, 1.165) is 17.8 Å². The fourth-order valence-corrected chi connectivity index (χ4v) is 2.50. The first-order valence-electron chi connectivity index (χ1n) is 5.80. The summed E-state index contributed by atoms with van der Waals surface area (Å²) < 4.78 is 0. The Balaban J connectivity index is 2.38. The average Bonchev–Trinajstić information content (AvgIpc) is 2.11. The van der Waals surface area contributed by atoms with E-state index in [1.807, 2.05) is 0 Å². The molecule has 1 fully saturated rings. The van der Waals surface area contributed by atoms with Crippen molar-refractivity contribution in [3.05, 3.63) is 0 Å². The molecule has 1 rings (SSSR count). The maximum Gasteiger partial charge on any atom is 0.000723 e. The van der Waals surface area contributed by atoms with Crippen molar-refractivity contribution in [2.24, 2.45) is 17.8 Å². The Morgan fingerprint density at radius 1 is 1.23 bits per heavy atom. The fourth-order valence-electron chi connectivity index (χ4n) is 2.50. The van der Waals surface area contributed by atoms with Crippen LogP contribution >= 0.6 is 0 Å². The Labute approximate surface area is 83.5 Å². The van der Waals surface area contributed by atoms with Gasteiger partial charge in [-0.3, -0.25) is 0 Å². The van der Waals surface area contributed by atoms with Gasteiger partial charge in [-0.25, -0.2) is 0 Å². The van der Waals surface area contributed by atoms with E-state index in [9.17, 15) is 0 Å². The maximum atomic E-state index is 2.65. The van der Waals surface area contributed by atoms with Gasteiger partial charge in [0.1, 0.15) is 0 Å². The van der Waals surface area contributed by atoms with Gasteiger partial charge in [0.2, 0.25) is 0 Å². The molecule has 0 spiro atoms. The summed E-state index contributed by atoms with van der Waals surface area (Å²) in [5.41, 5.74) is 0. The molecule has 1 heteroatoms. The minimum Gasteiger partial charge on any atom is -0.303 e. The van der Waals surface area contributed by atoms with Gasteiger partial charge in [-0.15, -0.1) is 0 Å². The predicted octanol–water partition coefficient (Wildman–Crippen LogP) is 3.01. The Bertz CT molecular complexity index is 142. The average molecular weight is 183 g/mol. The molecular weight excluding hydrogens is 158 g/mol. The van der Waals surface area contributed by atoms with Gasteiger partial charge in [-0.1, -0.05) is 27.7 Å². The second-order valence-electron chi connectivity index (χ2n) is 5.39. The highest BCUT2D eigenvalue weighted by atomic mass is 15.1. The summed E-state index contributed by atoms with van der Waals surface area (Å²) >= 11 is 0. The molecule has 1 aliphatic heterocycles. The predicted molar refractivity (Wildman–Crippen MR) is 58.8 cm³/mol. The van der Waals surface area contributed by atoms with Gasteiger partial charge >= 0.3 is 0 Å². The third kappa shape index (κ3) is 4.12. The van der Waals surface area contributed by atoms with Crippen LogP contribution in [-0.2, 0) is 0 Å². The number of rotatable bonds is 2. The van der Waals surface area contributed by atoms with Gasteiger partial charge in [-0.05, 0) is 37.1 Å². The summed E-state index contributed by atoms with van der Waals surface area (Å²) in [6.07, 6.45) is 2.83. The molecule has 0 amide bonds. The van der Waals surface area contributed by atoms with Gasteiger partial charge in [0, 0.05) is 13.1 Å². The van der Waals surface area contributed by atoms with Crippen LogP contribution in [0, 0.1) is 17.8 Å². The molecule has 0 aromatic heterocycles. The van der Waals surface area contributed by atoms with Crippen LogP contribution in [0.3, 0.4) is 0 Å². The van der Waals surface area contributed by atoms with E-state index in [0.29, 0.717) is 0 Å². The summed E-state index contributed by atoms with van der Waals surface area (Å²) in [5, 5.41) is 0. The van der Waals surface area contributed by atoms with Crippen molar-refractivity contribution >= 4 is 0 Å². The summed E-state index contributed by atoms with van der Waals surface area (Å²) in [5.74, 6) is 2.66. The minimum atomic E-state index is 0.820. The van der Waals surface area contributed by atoms with Crippen LogP contribution in [0.2, 0.25) is 0 Å². The first-order chi connectivity index (χ1) is 6.08. The molecule has 1 nitrogen and oxygen atoms in total. The Kier molecular flexibility index (Phi) is 4.24. The summed E-state index contributed by atoms with van der Waals surface area (Å²) in [6.45, 7) is 13.4. The number of nitrogens with zero attached hydrogens (tertiary/aromatic N) is 1. The molecule has 1 aliphatic rings. The van der Waals surface area contributed by atoms with E-state index in [4.69, 9.17) is 0 Å². The van der Waals surface area contributed by atoms with Crippen LogP contribution in [-0.4, -0.2) is 24.5 Å². The zero-order valence-electron chi connectivity index (χ0n) is 9.71. The highest BCUT2D eigenvalue weighted by molar-refractivity contribution is 4.72. The summed E-state index contributed by atoms with van der Waals surface area (Å²) in [4.78, 5) is 2.65. The number of hydrogen-bond donors (Lipinski definition) is 0. The molecule has 0 aliphatic carbocycles. The summed E-state index contributed by atoms with van der Waals surface area (Å²) in [6, 6.07) is 0. The lowest BCUT2D eigenvalue weighted by molar-refractivity contribution is 0.230. The van der Waals surface area contributed by atoms with E-state index in [2.05, 4.69) is 32.6 Å². The van der Waals surface area contributed by atoms with E-state index >= 15 is 0 Å². The molecule has 2 atom stereocenters. The highest BCUT2D eigenvalue weighted by Crippen LogP contribution is 2.21. The van der Waals surface area contributed by atoms with Crippen LogP contribution in [0.15, 0.2) is 0 Å². The van der Waals surface area contributed by atoms with Gasteiger partial charge in [-0.2, -0.15) is 0 Å². The molecular formula is C12H25N. The van der Waals surface area contributed by atoms with Crippen LogP contribution < -0.4 is 0 Å². The smallest absolute Gasteiger partial charge is 0.000723 e. The molecule has 0 radical (unpaired) electrons. The van der Waals surface area contributed by atoms with Crippen LogP contribution in [0.25, 0.3) is 0 Å². The number of likely N-dealkylation sites (tertiary alicyclic amines) is 1.